The highest BCUT2D eigenvalue weighted by molar-refractivity contribution is 5.67. The number of amides is 1. The molecule has 0 aliphatic rings. The minimum absolute atomic E-state index is 0.0688. The number of hydrogen-bond acceptors (Lipinski definition) is 3. The van der Waals surface area contributed by atoms with E-state index in [2.05, 4.69) is 21.9 Å². The first-order chi connectivity index (χ1) is 11.9. The van der Waals surface area contributed by atoms with Crippen molar-refractivity contribution < 1.29 is 27.4 Å². The fraction of sp³-hybridized carbons (Fsp3) is 0.167. The molecule has 0 saturated heterocycles. The summed E-state index contributed by atoms with van der Waals surface area (Å²) < 4.78 is 45.8. The van der Waals surface area contributed by atoms with Crippen molar-refractivity contribution in [3.05, 3.63) is 65.7 Å². The lowest BCUT2D eigenvalue weighted by Crippen LogP contribution is -2.24. The Hall–Kier alpha value is -3.14. The Kier molecular flexibility index (Phi) is 6.29. The van der Waals surface area contributed by atoms with E-state index in [9.17, 15) is 18.0 Å². The molecule has 0 radical (unpaired) electrons. The summed E-state index contributed by atoms with van der Waals surface area (Å²) in [4.78, 5) is 11.5. The Bertz CT molecular complexity index is 764. The molecule has 7 heteroatoms. The zero-order chi connectivity index (χ0) is 18.1. The molecule has 0 saturated carbocycles. The summed E-state index contributed by atoms with van der Waals surface area (Å²) in [5, 5.41) is 2.39. The fourth-order valence-electron chi connectivity index (χ4n) is 1.81. The molecular weight excluding hydrogens is 335 g/mol. The molecule has 1 amide bonds. The number of para-hydroxylation sites is 1. The smallest absolute Gasteiger partial charge is 0.445 e. The first-order valence-electron chi connectivity index (χ1n) is 7.22. The normalized spacial score (nSPS) is 10.4. The van der Waals surface area contributed by atoms with Crippen LogP contribution in [-0.2, 0) is 11.3 Å². The van der Waals surface area contributed by atoms with E-state index in [1.807, 2.05) is 30.3 Å². The minimum Gasteiger partial charge on any atom is -0.445 e. The summed E-state index contributed by atoms with van der Waals surface area (Å²) in [6.07, 6.45) is -5.46. The van der Waals surface area contributed by atoms with Crippen LogP contribution in [0.3, 0.4) is 0 Å². The number of nitrogens with one attached hydrogen (secondary N) is 1. The van der Waals surface area contributed by atoms with E-state index in [0.717, 1.165) is 5.56 Å². The highest BCUT2D eigenvalue weighted by Crippen LogP contribution is 2.25. The summed E-state index contributed by atoms with van der Waals surface area (Å²) in [6.45, 7) is 0.0380. The maximum atomic E-state index is 12.3. The van der Waals surface area contributed by atoms with E-state index in [4.69, 9.17) is 4.74 Å². The van der Waals surface area contributed by atoms with Crippen LogP contribution >= 0.6 is 0 Å². The van der Waals surface area contributed by atoms with Crippen LogP contribution in [0.25, 0.3) is 0 Å². The number of rotatable bonds is 4. The number of carbonyl (C=O) groups is 1. The number of halogens is 3. The van der Waals surface area contributed by atoms with Crippen LogP contribution in [0.15, 0.2) is 54.6 Å². The average Bonchev–Trinajstić information content (AvgIpc) is 2.58. The Balaban J connectivity index is 1.83. The zero-order valence-electron chi connectivity index (χ0n) is 13.0. The van der Waals surface area contributed by atoms with Gasteiger partial charge in [-0.15, -0.1) is 13.2 Å². The molecule has 0 fully saturated rings. The highest BCUT2D eigenvalue weighted by atomic mass is 19.4. The molecule has 0 unspecified atom stereocenters. The Labute approximate surface area is 142 Å². The van der Waals surface area contributed by atoms with Crippen LogP contribution in [0.5, 0.6) is 5.75 Å². The third-order valence-electron chi connectivity index (χ3n) is 2.87. The predicted molar refractivity (Wildman–Crippen MR) is 84.6 cm³/mol. The molecule has 0 aliphatic heterocycles. The van der Waals surface area contributed by atoms with Gasteiger partial charge in [0, 0.05) is 0 Å². The minimum atomic E-state index is -4.79. The van der Waals surface area contributed by atoms with Crippen LogP contribution in [0.4, 0.5) is 18.0 Å². The molecule has 2 rings (SSSR count). The van der Waals surface area contributed by atoms with Gasteiger partial charge in [-0.1, -0.05) is 54.3 Å². The molecule has 25 heavy (non-hydrogen) atoms. The molecule has 1 N–H and O–H groups in total. The van der Waals surface area contributed by atoms with Crippen molar-refractivity contribution in [1.29, 1.82) is 0 Å². The SMILES string of the molecule is O=C(NCC#Cc1ccccc1OC(F)(F)F)OCc1ccccc1. The van der Waals surface area contributed by atoms with E-state index in [0.29, 0.717) is 0 Å². The van der Waals surface area contributed by atoms with Gasteiger partial charge >= 0.3 is 12.5 Å². The first kappa shape index (κ1) is 18.2. The van der Waals surface area contributed by atoms with Crippen molar-refractivity contribution in [2.24, 2.45) is 0 Å². The van der Waals surface area contributed by atoms with Gasteiger partial charge in [0.2, 0.25) is 0 Å². The van der Waals surface area contributed by atoms with Crippen LogP contribution in [0.1, 0.15) is 11.1 Å². The Morgan fingerprint density at radius 1 is 1.04 bits per heavy atom. The van der Waals surface area contributed by atoms with Crippen LogP contribution in [0, 0.1) is 11.8 Å². The molecule has 0 heterocycles. The van der Waals surface area contributed by atoms with E-state index in [-0.39, 0.29) is 18.7 Å². The van der Waals surface area contributed by atoms with Gasteiger partial charge < -0.3 is 14.8 Å². The lowest BCUT2D eigenvalue weighted by Gasteiger charge is -2.09. The molecular formula is C18H14F3NO3. The largest absolute Gasteiger partial charge is 0.573 e. The van der Waals surface area contributed by atoms with Crippen molar-refractivity contribution in [3.63, 3.8) is 0 Å². The Morgan fingerprint density at radius 2 is 1.72 bits per heavy atom. The van der Waals surface area contributed by atoms with Gasteiger partial charge in [-0.25, -0.2) is 4.79 Å². The second-order valence-corrected chi connectivity index (χ2v) is 4.76. The van der Waals surface area contributed by atoms with Crippen molar-refractivity contribution in [3.8, 4) is 17.6 Å². The van der Waals surface area contributed by atoms with Crippen molar-refractivity contribution in [1.82, 2.24) is 5.32 Å². The summed E-state index contributed by atoms with van der Waals surface area (Å²) in [5.41, 5.74) is 0.904. The number of hydrogen-bond donors (Lipinski definition) is 1. The maximum Gasteiger partial charge on any atom is 0.573 e. The van der Waals surface area contributed by atoms with Gasteiger partial charge in [-0.05, 0) is 17.7 Å². The van der Waals surface area contributed by atoms with E-state index < -0.39 is 18.2 Å². The number of alkyl halides is 3. The fourth-order valence-corrected chi connectivity index (χ4v) is 1.81. The molecule has 0 atom stereocenters. The molecule has 2 aromatic carbocycles. The van der Waals surface area contributed by atoms with Crippen LogP contribution in [-0.4, -0.2) is 19.0 Å². The molecule has 130 valence electrons. The molecule has 0 aliphatic carbocycles. The van der Waals surface area contributed by atoms with E-state index in [1.54, 1.807) is 0 Å². The van der Waals surface area contributed by atoms with Crippen LogP contribution in [0.2, 0.25) is 0 Å². The topological polar surface area (TPSA) is 47.6 Å². The maximum absolute atomic E-state index is 12.3. The number of benzene rings is 2. The van der Waals surface area contributed by atoms with E-state index in [1.165, 1.54) is 24.3 Å². The first-order valence-corrected chi connectivity index (χ1v) is 7.22. The predicted octanol–water partition coefficient (Wildman–Crippen LogP) is 3.86. The van der Waals surface area contributed by atoms with Gasteiger partial charge in [0.25, 0.3) is 0 Å². The lowest BCUT2D eigenvalue weighted by atomic mass is 10.2. The van der Waals surface area contributed by atoms with Gasteiger partial charge in [-0.3, -0.25) is 0 Å². The van der Waals surface area contributed by atoms with Gasteiger partial charge in [0.1, 0.15) is 12.4 Å². The number of alkyl carbamates (subject to hydrolysis) is 1. The molecule has 0 bridgehead atoms. The molecule has 4 nitrogen and oxygen atoms in total. The van der Waals surface area contributed by atoms with Gasteiger partial charge in [0.05, 0.1) is 12.1 Å². The second-order valence-electron chi connectivity index (χ2n) is 4.76. The Morgan fingerprint density at radius 3 is 2.44 bits per heavy atom. The summed E-state index contributed by atoms with van der Waals surface area (Å²) in [6, 6.07) is 14.6. The monoisotopic (exact) mass is 349 g/mol. The van der Waals surface area contributed by atoms with E-state index >= 15 is 0 Å². The molecule has 0 spiro atoms. The zero-order valence-corrected chi connectivity index (χ0v) is 13.0. The van der Waals surface area contributed by atoms with Gasteiger partial charge in [-0.2, -0.15) is 0 Å². The van der Waals surface area contributed by atoms with Crippen molar-refractivity contribution in [2.75, 3.05) is 6.54 Å². The third-order valence-corrected chi connectivity index (χ3v) is 2.87. The standard InChI is InChI=1S/C18H14F3NO3/c19-18(20,21)25-16-11-5-4-9-15(16)10-6-12-22-17(23)24-13-14-7-2-1-3-8-14/h1-5,7-9,11H,12-13H2,(H,22,23). The van der Waals surface area contributed by atoms with Crippen LogP contribution < -0.4 is 10.1 Å². The highest BCUT2D eigenvalue weighted by Gasteiger charge is 2.31. The number of ether oxygens (including phenoxy) is 2. The molecule has 2 aromatic rings. The second kappa shape index (κ2) is 8.64. The quantitative estimate of drug-likeness (QED) is 0.853. The van der Waals surface area contributed by atoms with Crippen molar-refractivity contribution in [2.45, 2.75) is 13.0 Å². The third kappa shape index (κ3) is 6.87. The molecule has 0 aromatic heterocycles. The summed E-state index contributed by atoms with van der Waals surface area (Å²) in [5.74, 6) is 4.67. The van der Waals surface area contributed by atoms with Gasteiger partial charge in [0.15, 0.2) is 0 Å². The average molecular weight is 349 g/mol. The lowest BCUT2D eigenvalue weighted by molar-refractivity contribution is -0.274. The summed E-state index contributed by atoms with van der Waals surface area (Å²) in [7, 11) is 0. The number of carbonyl (C=O) groups excluding carboxylic acids is 1. The van der Waals surface area contributed by atoms with Crippen molar-refractivity contribution >= 4 is 6.09 Å². The summed E-state index contributed by atoms with van der Waals surface area (Å²) >= 11 is 0.